The number of hydrogen-bond donors (Lipinski definition) is 0. The maximum Gasteiger partial charge on any atom is 0.257 e. The van der Waals surface area contributed by atoms with E-state index in [0.29, 0.717) is 18.3 Å². The van der Waals surface area contributed by atoms with Crippen molar-refractivity contribution in [2.75, 3.05) is 20.8 Å². The normalized spacial score (nSPS) is 19.1. The Labute approximate surface area is 180 Å². The van der Waals surface area contributed by atoms with Crippen LogP contribution in [0.5, 0.6) is 11.5 Å². The van der Waals surface area contributed by atoms with E-state index >= 15 is 0 Å². The van der Waals surface area contributed by atoms with Crippen molar-refractivity contribution in [3.63, 3.8) is 0 Å². The summed E-state index contributed by atoms with van der Waals surface area (Å²) >= 11 is 1.81. The fourth-order valence-corrected chi connectivity index (χ4v) is 5.83. The van der Waals surface area contributed by atoms with Crippen molar-refractivity contribution in [3.05, 3.63) is 46.2 Å². The van der Waals surface area contributed by atoms with Crippen molar-refractivity contribution in [3.8, 4) is 22.3 Å². The van der Waals surface area contributed by atoms with E-state index in [9.17, 15) is 0 Å². The smallest absolute Gasteiger partial charge is 0.257 e. The second kappa shape index (κ2) is 8.40. The minimum absolute atomic E-state index is 0.249. The molecule has 0 saturated carbocycles. The molecule has 1 aromatic carbocycles. The van der Waals surface area contributed by atoms with Crippen LogP contribution in [-0.2, 0) is 19.4 Å². The van der Waals surface area contributed by atoms with E-state index in [1.807, 2.05) is 23.5 Å². The zero-order chi connectivity index (χ0) is 20.5. The number of likely N-dealkylation sites (tertiary alicyclic amines) is 1. The summed E-state index contributed by atoms with van der Waals surface area (Å²) in [5.74, 6) is 3.06. The van der Waals surface area contributed by atoms with Gasteiger partial charge >= 0.3 is 0 Å². The third kappa shape index (κ3) is 3.72. The van der Waals surface area contributed by atoms with Crippen LogP contribution in [0.15, 0.2) is 28.7 Å². The van der Waals surface area contributed by atoms with Crippen molar-refractivity contribution in [1.29, 1.82) is 0 Å². The van der Waals surface area contributed by atoms with Gasteiger partial charge in [-0.25, -0.2) is 0 Å². The largest absolute Gasteiger partial charge is 0.497 e. The van der Waals surface area contributed by atoms with Crippen LogP contribution in [0.2, 0.25) is 0 Å². The molecule has 7 heteroatoms. The van der Waals surface area contributed by atoms with Crippen molar-refractivity contribution in [2.24, 2.45) is 0 Å². The standard InChI is InChI=1S/C23H27N3O3S/c1-27-16-9-10-19(28-2)17(13-16)18-7-5-11-26(18)14-22-24-25-23(29-22)21-12-15-6-3-4-8-20(15)30-21/h9-10,12-13,18H,3-8,11,14H2,1-2H3. The van der Waals surface area contributed by atoms with E-state index in [2.05, 4.69) is 27.2 Å². The highest BCUT2D eigenvalue weighted by Crippen LogP contribution is 2.40. The molecule has 1 aliphatic heterocycles. The molecule has 2 aromatic heterocycles. The SMILES string of the molecule is COc1ccc(OC)c(C2CCCN2Cc2nnc(-c3cc4c(s3)CCCC4)o2)c1. The van der Waals surface area contributed by atoms with Gasteiger partial charge in [-0.05, 0) is 74.9 Å². The topological polar surface area (TPSA) is 60.6 Å². The molecule has 0 bridgehead atoms. The number of aromatic nitrogens is 2. The molecule has 1 atom stereocenters. The van der Waals surface area contributed by atoms with Crippen molar-refractivity contribution >= 4 is 11.3 Å². The van der Waals surface area contributed by atoms with E-state index < -0.39 is 0 Å². The average molecular weight is 426 g/mol. The average Bonchev–Trinajstić information content (AvgIpc) is 3.52. The predicted octanol–water partition coefficient (Wildman–Crippen LogP) is 5.03. The number of aryl methyl sites for hydroxylation is 2. The van der Waals surface area contributed by atoms with Gasteiger partial charge in [0.2, 0.25) is 5.89 Å². The molecule has 5 rings (SSSR count). The molecule has 0 spiro atoms. The van der Waals surface area contributed by atoms with E-state index in [-0.39, 0.29) is 6.04 Å². The monoisotopic (exact) mass is 425 g/mol. The maximum atomic E-state index is 6.09. The van der Waals surface area contributed by atoms with Gasteiger partial charge in [0.25, 0.3) is 5.89 Å². The van der Waals surface area contributed by atoms with Crippen molar-refractivity contribution < 1.29 is 13.9 Å². The first-order valence-electron chi connectivity index (χ1n) is 10.7. The number of methoxy groups -OCH3 is 2. The molecule has 2 aliphatic rings. The number of benzene rings is 1. The van der Waals surface area contributed by atoms with Crippen LogP contribution in [0.1, 0.15) is 53.6 Å². The van der Waals surface area contributed by atoms with E-state index in [4.69, 9.17) is 13.9 Å². The van der Waals surface area contributed by atoms with Crippen LogP contribution in [0.25, 0.3) is 10.8 Å². The molecule has 1 saturated heterocycles. The summed E-state index contributed by atoms with van der Waals surface area (Å²) in [6.07, 6.45) is 7.11. The van der Waals surface area contributed by atoms with Gasteiger partial charge in [-0.1, -0.05) is 0 Å². The number of thiophene rings is 1. The first kappa shape index (κ1) is 19.6. The molecule has 1 aliphatic carbocycles. The summed E-state index contributed by atoms with van der Waals surface area (Å²) in [6.45, 7) is 1.64. The first-order valence-corrected chi connectivity index (χ1v) is 11.5. The lowest BCUT2D eigenvalue weighted by molar-refractivity contribution is 0.220. The first-order chi connectivity index (χ1) is 14.7. The molecule has 1 unspecified atom stereocenters. The summed E-state index contributed by atoms with van der Waals surface area (Å²) in [6, 6.07) is 8.49. The van der Waals surface area contributed by atoms with Gasteiger partial charge in [0.1, 0.15) is 11.5 Å². The molecule has 0 N–H and O–H groups in total. The van der Waals surface area contributed by atoms with Crippen LogP contribution < -0.4 is 9.47 Å². The summed E-state index contributed by atoms with van der Waals surface area (Å²) in [5, 5.41) is 8.71. The summed E-state index contributed by atoms with van der Waals surface area (Å²) < 4.78 is 17.2. The Morgan fingerprint density at radius 1 is 1.10 bits per heavy atom. The second-order valence-electron chi connectivity index (χ2n) is 8.00. The van der Waals surface area contributed by atoms with Gasteiger partial charge in [0.05, 0.1) is 25.6 Å². The second-order valence-corrected chi connectivity index (χ2v) is 9.14. The van der Waals surface area contributed by atoms with E-state index in [1.54, 1.807) is 14.2 Å². The van der Waals surface area contributed by atoms with Crippen LogP contribution in [0, 0.1) is 0 Å². The summed E-state index contributed by atoms with van der Waals surface area (Å²) in [4.78, 5) is 4.99. The van der Waals surface area contributed by atoms with Crippen LogP contribution in [0.4, 0.5) is 0 Å². The third-order valence-electron chi connectivity index (χ3n) is 6.17. The Morgan fingerprint density at radius 3 is 2.83 bits per heavy atom. The van der Waals surface area contributed by atoms with Gasteiger partial charge < -0.3 is 13.9 Å². The highest BCUT2D eigenvalue weighted by atomic mass is 32.1. The summed E-state index contributed by atoms with van der Waals surface area (Å²) in [7, 11) is 3.41. The van der Waals surface area contributed by atoms with Crippen LogP contribution in [0.3, 0.4) is 0 Å². The fraction of sp³-hybridized carbons (Fsp3) is 0.478. The highest BCUT2D eigenvalue weighted by molar-refractivity contribution is 7.15. The number of hydrogen-bond acceptors (Lipinski definition) is 7. The molecule has 6 nitrogen and oxygen atoms in total. The molecular weight excluding hydrogens is 398 g/mol. The van der Waals surface area contributed by atoms with Gasteiger partial charge in [0, 0.05) is 16.5 Å². The Morgan fingerprint density at radius 2 is 2.00 bits per heavy atom. The minimum atomic E-state index is 0.249. The summed E-state index contributed by atoms with van der Waals surface area (Å²) in [5.41, 5.74) is 2.62. The quantitative estimate of drug-likeness (QED) is 0.552. The van der Waals surface area contributed by atoms with Gasteiger partial charge in [-0.2, -0.15) is 0 Å². The molecule has 1 fully saturated rings. The van der Waals surface area contributed by atoms with Gasteiger partial charge in [-0.15, -0.1) is 21.5 Å². The lowest BCUT2D eigenvalue weighted by Gasteiger charge is -2.25. The highest BCUT2D eigenvalue weighted by Gasteiger charge is 2.30. The van der Waals surface area contributed by atoms with E-state index in [1.165, 1.54) is 36.1 Å². The molecule has 30 heavy (non-hydrogen) atoms. The maximum absolute atomic E-state index is 6.09. The Hall–Kier alpha value is -2.38. The zero-order valence-electron chi connectivity index (χ0n) is 17.5. The number of nitrogens with zero attached hydrogens (tertiary/aromatic N) is 3. The predicted molar refractivity (Wildman–Crippen MR) is 116 cm³/mol. The lowest BCUT2D eigenvalue weighted by atomic mass is 9.99. The molecule has 158 valence electrons. The Bertz CT molecular complexity index is 1010. The van der Waals surface area contributed by atoms with Gasteiger partial charge in [-0.3, -0.25) is 4.90 Å². The van der Waals surface area contributed by atoms with E-state index in [0.717, 1.165) is 41.3 Å². The molecule has 0 amide bonds. The molecule has 0 radical (unpaired) electrons. The molecule has 3 aromatic rings. The third-order valence-corrected chi connectivity index (χ3v) is 7.40. The lowest BCUT2D eigenvalue weighted by Crippen LogP contribution is -2.23. The van der Waals surface area contributed by atoms with Gasteiger partial charge in [0.15, 0.2) is 0 Å². The van der Waals surface area contributed by atoms with Crippen LogP contribution >= 0.6 is 11.3 Å². The number of rotatable bonds is 6. The number of ether oxygens (including phenoxy) is 2. The zero-order valence-corrected chi connectivity index (χ0v) is 18.3. The fourth-order valence-electron chi connectivity index (χ4n) is 4.65. The Kier molecular flexibility index (Phi) is 5.48. The number of fused-ring (bicyclic) bond motifs is 1. The Balaban J connectivity index is 1.35. The molecule has 3 heterocycles. The van der Waals surface area contributed by atoms with Crippen molar-refractivity contribution in [1.82, 2.24) is 15.1 Å². The van der Waals surface area contributed by atoms with Crippen LogP contribution in [-0.4, -0.2) is 35.9 Å². The van der Waals surface area contributed by atoms with Crippen molar-refractivity contribution in [2.45, 2.75) is 51.1 Å². The molecular formula is C23H27N3O3S. The minimum Gasteiger partial charge on any atom is -0.497 e.